The number of hydrogen-bond donors (Lipinski definition) is 0. The van der Waals surface area contributed by atoms with Gasteiger partial charge in [-0.25, -0.2) is 0 Å². The van der Waals surface area contributed by atoms with E-state index in [1.807, 2.05) is 135 Å². The summed E-state index contributed by atoms with van der Waals surface area (Å²) in [6, 6.07) is 35.7. The van der Waals surface area contributed by atoms with Crippen LogP contribution in [-0.2, 0) is 36.1 Å². The lowest BCUT2D eigenvalue weighted by atomic mass is 9.78. The van der Waals surface area contributed by atoms with Gasteiger partial charge in [0.2, 0.25) is 11.8 Å². The maximum atomic E-state index is 16.8. The molecule has 0 N–H and O–H groups in total. The molecule has 9 aromatic carbocycles. The first kappa shape index (κ1) is 76.2. The van der Waals surface area contributed by atoms with Gasteiger partial charge in [-0.05, 0) is 138 Å². The predicted octanol–water partition coefficient (Wildman–Crippen LogP) is 15.3. The maximum absolute atomic E-state index is 16.8. The summed E-state index contributed by atoms with van der Waals surface area (Å²) in [5, 5.41) is 2.70. The Morgan fingerprint density at radius 3 is 0.827 bits per heavy atom. The van der Waals surface area contributed by atoms with Crippen LogP contribution in [0.5, 0.6) is 46.0 Å². The molecule has 0 bridgehead atoms. The number of amides is 6. The van der Waals surface area contributed by atoms with Gasteiger partial charge in [0, 0.05) is 163 Å². The highest BCUT2D eigenvalue weighted by atomic mass is 28.4. The number of imide groups is 2. The van der Waals surface area contributed by atoms with Crippen molar-refractivity contribution in [2.45, 2.75) is 116 Å². The average molecular weight is 1530 g/mol. The minimum atomic E-state index is -2.92. The van der Waals surface area contributed by atoms with Crippen molar-refractivity contribution in [2.24, 2.45) is 11.8 Å². The van der Waals surface area contributed by atoms with E-state index in [2.05, 4.69) is 9.80 Å². The lowest BCUT2D eigenvalue weighted by Crippen LogP contribution is -2.60. The minimum absolute atomic E-state index is 0.105. The molecule has 0 aromatic heterocycles. The van der Waals surface area contributed by atoms with E-state index >= 15 is 28.8 Å². The standard InChI is InChI=1S/C86H98N6O16Si2/c1-53-21-29-59(30-22-53)105-67-49-63-71-64(82(94)91(81(63)93)79(57-17-13-11-14-18-57)85(97)89-41-37-87(38-42-89)45-47-109(99-5,100-6)101-7)51-69(107-61-33-25-55(3)26-34-61)75-76-70(108-62-35-27-56(4)28-36-62)52-66-72-65(50-68(74(78(72)76)73(67)77(71)75)106-60-31-23-54(2)24-32-60)83(95)92(84(66)96)80(58-19-15-12-16-20-58)86(98)90-43-39-88(40-44-90)46-48-110(102-8,103-9)104-10/h21-36,49-52,57-58,79-80H,11-20,37-48H2,1-10H3. The summed E-state index contributed by atoms with van der Waals surface area (Å²) in [6.45, 7) is 12.7. The molecule has 0 spiro atoms. The van der Waals surface area contributed by atoms with Crippen molar-refractivity contribution < 1.29 is 74.3 Å². The molecule has 4 fully saturated rings. The van der Waals surface area contributed by atoms with Crippen molar-refractivity contribution in [1.82, 2.24) is 29.4 Å². The van der Waals surface area contributed by atoms with Crippen LogP contribution in [0.1, 0.15) is 128 Å². The Morgan fingerprint density at radius 1 is 0.345 bits per heavy atom. The molecule has 2 atom stereocenters. The second-order valence-electron chi connectivity index (χ2n) is 30.4. The molecule has 2 unspecified atom stereocenters. The number of nitrogens with zero attached hydrogens (tertiary/aromatic N) is 6. The number of ether oxygens (including phenoxy) is 4. The zero-order valence-corrected chi connectivity index (χ0v) is 66.6. The molecular weight excluding hydrogens is 1430 g/mol. The number of carbonyl (C=O) groups excluding carboxylic acids is 6. The number of benzene rings is 9. The van der Waals surface area contributed by atoms with Gasteiger partial charge in [-0.3, -0.25) is 48.4 Å². The fourth-order valence-corrected chi connectivity index (χ4v) is 21.1. The monoisotopic (exact) mass is 1530 g/mol. The van der Waals surface area contributed by atoms with Crippen molar-refractivity contribution in [3.8, 4) is 46.0 Å². The van der Waals surface area contributed by atoms with E-state index in [4.69, 9.17) is 45.5 Å². The summed E-state index contributed by atoms with van der Waals surface area (Å²) in [5.74, 6) is -1.74. The van der Waals surface area contributed by atoms with E-state index in [1.165, 1.54) is 9.80 Å². The van der Waals surface area contributed by atoms with Gasteiger partial charge in [0.1, 0.15) is 58.1 Å². The molecule has 0 radical (unpaired) electrons. The van der Waals surface area contributed by atoms with Crippen LogP contribution >= 0.6 is 0 Å². The minimum Gasteiger partial charge on any atom is -0.457 e. The maximum Gasteiger partial charge on any atom is 0.501 e. The Labute approximate surface area is 644 Å². The Hall–Kier alpha value is -9.19. The van der Waals surface area contributed by atoms with Crippen LogP contribution in [-0.4, -0.2) is 203 Å². The molecule has 2 saturated carbocycles. The third-order valence-corrected chi connectivity index (χ3v) is 29.3. The van der Waals surface area contributed by atoms with Crippen molar-refractivity contribution in [3.63, 3.8) is 0 Å². The SMILES string of the molecule is CO[Si](CCN1CCN(C(=O)C(C2CCCCC2)N2C(=O)c3cc(Oc4ccc(C)cc4)c4c5c(Oc6ccc(C)cc6)cc6c7c(cc(Oc8ccc(C)cc8)c(c8c(Oc9ccc(C)cc9)cc(c3c48)C2=O)c75)C(=O)N(C(C(=O)N2CCN(CC[Si](OC)(OC)OC)CC2)C2CCCCC2)C6=O)CC1)(OC)OC. The average Bonchev–Trinajstić information content (AvgIpc) is 0.676. The Balaban J connectivity index is 0.974. The molecule has 4 aliphatic heterocycles. The summed E-state index contributed by atoms with van der Waals surface area (Å²) in [6.07, 6.45) is 7.64. The molecule has 4 heterocycles. The summed E-state index contributed by atoms with van der Waals surface area (Å²) >= 11 is 0. The van der Waals surface area contributed by atoms with E-state index < -0.39 is 53.3 Å². The number of hydrogen-bond acceptors (Lipinski definition) is 18. The van der Waals surface area contributed by atoms with Gasteiger partial charge in [-0.15, -0.1) is 0 Å². The van der Waals surface area contributed by atoms with Gasteiger partial charge in [0.05, 0.1) is 22.3 Å². The second kappa shape index (κ2) is 31.9. The van der Waals surface area contributed by atoms with Crippen LogP contribution in [0.4, 0.5) is 0 Å². The van der Waals surface area contributed by atoms with Gasteiger partial charge < -0.3 is 55.3 Å². The molecule has 24 heteroatoms. The van der Waals surface area contributed by atoms with Crippen LogP contribution < -0.4 is 18.9 Å². The molecule has 6 amide bonds. The zero-order chi connectivity index (χ0) is 76.9. The van der Waals surface area contributed by atoms with Gasteiger partial charge in [0.25, 0.3) is 23.6 Å². The van der Waals surface area contributed by atoms with Crippen LogP contribution in [0.15, 0.2) is 121 Å². The predicted molar refractivity (Wildman–Crippen MR) is 424 cm³/mol. The van der Waals surface area contributed by atoms with Gasteiger partial charge >= 0.3 is 17.6 Å². The van der Waals surface area contributed by atoms with E-state index in [9.17, 15) is 0 Å². The number of carbonyl (C=O) groups is 6. The summed E-state index contributed by atoms with van der Waals surface area (Å²) in [5.41, 5.74) is 4.28. The smallest absolute Gasteiger partial charge is 0.457 e. The Morgan fingerprint density at radius 2 is 0.591 bits per heavy atom. The number of fused-ring (bicyclic) bond motifs is 2. The highest BCUT2D eigenvalue weighted by molar-refractivity contribution is 6.61. The van der Waals surface area contributed by atoms with E-state index in [0.717, 1.165) is 60.8 Å². The summed E-state index contributed by atoms with van der Waals surface area (Å²) in [4.78, 5) is 110. The third-order valence-electron chi connectivity index (χ3n) is 23.9. The molecule has 2 saturated heterocycles. The molecule has 2 aliphatic carbocycles. The number of aryl methyl sites for hydroxylation is 4. The van der Waals surface area contributed by atoms with E-state index in [0.29, 0.717) is 159 Å². The Kier molecular flexibility index (Phi) is 22.1. The molecule has 22 nitrogen and oxygen atoms in total. The molecule has 110 heavy (non-hydrogen) atoms. The zero-order valence-electron chi connectivity index (χ0n) is 64.6. The van der Waals surface area contributed by atoms with Crippen molar-refractivity contribution >= 4 is 96.1 Å². The topological polar surface area (TPSA) is 214 Å². The van der Waals surface area contributed by atoms with Crippen molar-refractivity contribution in [2.75, 3.05) is 108 Å². The quantitative estimate of drug-likeness (QED) is 0.0213. The lowest BCUT2D eigenvalue weighted by molar-refractivity contribution is -0.140. The lowest BCUT2D eigenvalue weighted by Gasteiger charge is -2.43. The highest BCUT2D eigenvalue weighted by Crippen LogP contribution is 2.59. The first-order chi connectivity index (χ1) is 53.3. The molecule has 6 aliphatic rings. The molecular formula is C86H98N6O16Si2. The fourth-order valence-electron chi connectivity index (χ4n) is 17.7. The summed E-state index contributed by atoms with van der Waals surface area (Å²) < 4.78 is 64.0. The van der Waals surface area contributed by atoms with Crippen LogP contribution in [0, 0.1) is 39.5 Å². The van der Waals surface area contributed by atoms with Gasteiger partial charge in [-0.1, -0.05) is 109 Å². The van der Waals surface area contributed by atoms with Gasteiger partial charge in [0.15, 0.2) is 0 Å². The molecule has 15 rings (SSSR count). The second-order valence-corrected chi connectivity index (χ2v) is 36.6. The number of rotatable bonds is 26. The van der Waals surface area contributed by atoms with Crippen LogP contribution in [0.2, 0.25) is 12.1 Å². The van der Waals surface area contributed by atoms with Crippen molar-refractivity contribution in [3.05, 3.63) is 166 Å². The van der Waals surface area contributed by atoms with Gasteiger partial charge in [-0.2, -0.15) is 0 Å². The first-order valence-corrected chi connectivity index (χ1v) is 42.6. The van der Waals surface area contributed by atoms with E-state index in [-0.39, 0.29) is 79.7 Å². The summed E-state index contributed by atoms with van der Waals surface area (Å²) in [7, 11) is 3.75. The highest BCUT2D eigenvalue weighted by Gasteiger charge is 2.51. The van der Waals surface area contributed by atoms with Crippen LogP contribution in [0.3, 0.4) is 0 Å². The Bertz CT molecular complexity index is 4420. The third kappa shape index (κ3) is 14.3. The van der Waals surface area contributed by atoms with E-state index in [1.54, 1.807) is 66.9 Å². The first-order valence-electron chi connectivity index (χ1n) is 38.7. The molecule has 576 valence electrons. The van der Waals surface area contributed by atoms with Crippen molar-refractivity contribution in [1.29, 1.82) is 0 Å². The van der Waals surface area contributed by atoms with Crippen LogP contribution in [0.25, 0.3) is 43.1 Å². The largest absolute Gasteiger partial charge is 0.501 e. The number of piperazine rings is 2. The molecule has 9 aromatic rings. The fraction of sp³-hybridized carbons (Fsp3) is 0.419. The normalized spacial score (nSPS) is 17.8.